The van der Waals surface area contributed by atoms with Crippen LogP contribution in [0.2, 0.25) is 0 Å². The number of aliphatic hydroxyl groups is 1. The molecule has 2 aromatic rings. The molecule has 0 aromatic carbocycles. The average Bonchev–Trinajstić information content (AvgIpc) is 2.75. The van der Waals surface area contributed by atoms with Gasteiger partial charge in [-0.25, -0.2) is 9.97 Å². The van der Waals surface area contributed by atoms with E-state index >= 15 is 0 Å². The molecular formula is C12H16N4O2. The summed E-state index contributed by atoms with van der Waals surface area (Å²) in [7, 11) is 0. The van der Waals surface area contributed by atoms with Gasteiger partial charge in [0.15, 0.2) is 0 Å². The highest BCUT2D eigenvalue weighted by molar-refractivity contribution is 5.87. The van der Waals surface area contributed by atoms with Gasteiger partial charge in [0.25, 0.3) is 0 Å². The first-order valence-electron chi connectivity index (χ1n) is 6.10. The van der Waals surface area contributed by atoms with Crippen LogP contribution in [0.3, 0.4) is 0 Å². The molecule has 1 fully saturated rings. The fourth-order valence-electron chi connectivity index (χ4n) is 2.29. The van der Waals surface area contributed by atoms with E-state index in [-0.39, 0.29) is 12.5 Å². The number of hydrogen-bond acceptors (Lipinski definition) is 5. The summed E-state index contributed by atoms with van der Waals surface area (Å²) in [5.41, 5.74) is 0.839. The summed E-state index contributed by atoms with van der Waals surface area (Å²) in [6.07, 6.45) is 3.43. The lowest BCUT2D eigenvalue weighted by molar-refractivity contribution is 0.0959. The van der Waals surface area contributed by atoms with Crippen LogP contribution < -0.4 is 4.90 Å². The Hall–Kier alpha value is -1.66. The van der Waals surface area contributed by atoms with E-state index in [4.69, 9.17) is 4.74 Å². The predicted molar refractivity (Wildman–Crippen MR) is 67.5 cm³/mol. The van der Waals surface area contributed by atoms with Crippen molar-refractivity contribution in [2.45, 2.75) is 0 Å². The standard InChI is InChI=1S/C12H16N4O2/c17-6-9-5-16(3-4-18-7-9)12-10-1-2-13-11(10)14-8-15-12/h1-2,8-9,17H,3-7H2,(H,13,14,15)/t9-/m1/s1. The number of ether oxygens (including phenoxy) is 1. The van der Waals surface area contributed by atoms with E-state index in [0.29, 0.717) is 13.2 Å². The molecular weight excluding hydrogens is 232 g/mol. The van der Waals surface area contributed by atoms with Crippen LogP contribution in [0.25, 0.3) is 11.0 Å². The number of nitrogens with one attached hydrogen (secondary N) is 1. The molecule has 0 aliphatic carbocycles. The number of nitrogens with zero attached hydrogens (tertiary/aromatic N) is 3. The van der Waals surface area contributed by atoms with E-state index in [2.05, 4.69) is 19.9 Å². The molecule has 0 radical (unpaired) electrons. The highest BCUT2D eigenvalue weighted by Crippen LogP contribution is 2.23. The molecule has 6 heteroatoms. The van der Waals surface area contributed by atoms with Crippen molar-refractivity contribution in [3.05, 3.63) is 18.6 Å². The molecule has 18 heavy (non-hydrogen) atoms. The van der Waals surface area contributed by atoms with Crippen LogP contribution in [-0.2, 0) is 4.74 Å². The molecule has 2 aromatic heterocycles. The van der Waals surface area contributed by atoms with E-state index < -0.39 is 0 Å². The zero-order valence-electron chi connectivity index (χ0n) is 10.0. The molecule has 1 saturated heterocycles. The fourth-order valence-corrected chi connectivity index (χ4v) is 2.29. The van der Waals surface area contributed by atoms with Crippen molar-refractivity contribution in [2.24, 2.45) is 5.92 Å². The highest BCUT2D eigenvalue weighted by Gasteiger charge is 2.20. The van der Waals surface area contributed by atoms with Crippen LogP contribution in [0.4, 0.5) is 5.82 Å². The Morgan fingerprint density at radius 1 is 1.50 bits per heavy atom. The maximum atomic E-state index is 9.31. The Bertz CT molecular complexity index is 528. The van der Waals surface area contributed by atoms with Crippen molar-refractivity contribution < 1.29 is 9.84 Å². The predicted octanol–water partition coefficient (Wildman–Crippen LogP) is 0.403. The van der Waals surface area contributed by atoms with E-state index in [1.54, 1.807) is 6.33 Å². The van der Waals surface area contributed by atoms with Crippen LogP contribution in [0.1, 0.15) is 0 Å². The molecule has 0 amide bonds. The summed E-state index contributed by atoms with van der Waals surface area (Å²) >= 11 is 0. The number of anilines is 1. The Morgan fingerprint density at radius 3 is 3.33 bits per heavy atom. The van der Waals surface area contributed by atoms with Gasteiger partial charge in [-0.15, -0.1) is 0 Å². The summed E-state index contributed by atoms with van der Waals surface area (Å²) in [5.74, 6) is 1.04. The number of fused-ring (bicyclic) bond motifs is 1. The minimum Gasteiger partial charge on any atom is -0.396 e. The van der Waals surface area contributed by atoms with Crippen LogP contribution in [0.15, 0.2) is 18.6 Å². The van der Waals surface area contributed by atoms with Gasteiger partial charge in [-0.05, 0) is 6.07 Å². The lowest BCUT2D eigenvalue weighted by Crippen LogP contribution is -2.32. The van der Waals surface area contributed by atoms with Crippen molar-refractivity contribution in [1.82, 2.24) is 15.0 Å². The summed E-state index contributed by atoms with van der Waals surface area (Å²) in [4.78, 5) is 13.8. The maximum absolute atomic E-state index is 9.31. The number of aliphatic hydroxyl groups excluding tert-OH is 1. The second kappa shape index (κ2) is 4.91. The normalized spacial score (nSPS) is 21.2. The molecule has 0 spiro atoms. The third-order valence-corrected chi connectivity index (χ3v) is 3.23. The second-order valence-corrected chi connectivity index (χ2v) is 4.51. The van der Waals surface area contributed by atoms with Gasteiger partial charge in [0, 0.05) is 31.8 Å². The lowest BCUT2D eigenvalue weighted by atomic mass is 10.1. The molecule has 2 N–H and O–H groups in total. The van der Waals surface area contributed by atoms with Crippen molar-refractivity contribution in [1.29, 1.82) is 0 Å². The zero-order chi connectivity index (χ0) is 12.4. The minimum atomic E-state index is 0.136. The number of aromatic nitrogens is 3. The van der Waals surface area contributed by atoms with Crippen molar-refractivity contribution in [3.8, 4) is 0 Å². The zero-order valence-corrected chi connectivity index (χ0v) is 10.0. The quantitative estimate of drug-likeness (QED) is 0.805. The first kappa shape index (κ1) is 11.4. The smallest absolute Gasteiger partial charge is 0.142 e. The number of rotatable bonds is 2. The summed E-state index contributed by atoms with van der Waals surface area (Å²) in [5, 5.41) is 10.3. The molecule has 0 unspecified atom stereocenters. The Morgan fingerprint density at radius 2 is 2.44 bits per heavy atom. The molecule has 96 valence electrons. The fraction of sp³-hybridized carbons (Fsp3) is 0.500. The monoisotopic (exact) mass is 248 g/mol. The molecule has 0 saturated carbocycles. The van der Waals surface area contributed by atoms with Crippen LogP contribution >= 0.6 is 0 Å². The largest absolute Gasteiger partial charge is 0.396 e. The molecule has 0 bridgehead atoms. The SMILES string of the molecule is OC[C@@H]1COCCN(c2ncnc3[nH]ccc23)C1. The number of hydrogen-bond donors (Lipinski definition) is 2. The summed E-state index contributed by atoms with van der Waals surface area (Å²) in [6, 6.07) is 1.98. The van der Waals surface area contributed by atoms with Gasteiger partial charge >= 0.3 is 0 Å². The molecule has 6 nitrogen and oxygen atoms in total. The average molecular weight is 248 g/mol. The van der Waals surface area contributed by atoms with Gasteiger partial charge in [0.2, 0.25) is 0 Å². The van der Waals surface area contributed by atoms with Gasteiger partial charge in [-0.3, -0.25) is 0 Å². The van der Waals surface area contributed by atoms with E-state index in [9.17, 15) is 5.11 Å². The van der Waals surface area contributed by atoms with Gasteiger partial charge in [0.05, 0.1) is 18.6 Å². The van der Waals surface area contributed by atoms with Crippen molar-refractivity contribution in [2.75, 3.05) is 37.8 Å². The van der Waals surface area contributed by atoms with Gasteiger partial charge in [-0.2, -0.15) is 0 Å². The second-order valence-electron chi connectivity index (χ2n) is 4.51. The van der Waals surface area contributed by atoms with Gasteiger partial charge < -0.3 is 19.7 Å². The maximum Gasteiger partial charge on any atom is 0.142 e. The third-order valence-electron chi connectivity index (χ3n) is 3.23. The molecule has 3 heterocycles. The third kappa shape index (κ3) is 2.04. The van der Waals surface area contributed by atoms with E-state index in [0.717, 1.165) is 29.9 Å². The van der Waals surface area contributed by atoms with E-state index in [1.807, 2.05) is 12.3 Å². The van der Waals surface area contributed by atoms with Crippen molar-refractivity contribution >= 4 is 16.9 Å². The van der Waals surface area contributed by atoms with Crippen LogP contribution in [0.5, 0.6) is 0 Å². The first-order valence-corrected chi connectivity index (χ1v) is 6.10. The number of H-pyrrole nitrogens is 1. The molecule has 1 aliphatic heterocycles. The Kier molecular flexibility index (Phi) is 3.12. The van der Waals surface area contributed by atoms with Gasteiger partial charge in [0.1, 0.15) is 17.8 Å². The van der Waals surface area contributed by atoms with Gasteiger partial charge in [-0.1, -0.05) is 0 Å². The number of aromatic amines is 1. The first-order chi connectivity index (χ1) is 8.88. The summed E-state index contributed by atoms with van der Waals surface area (Å²) in [6.45, 7) is 2.94. The minimum absolute atomic E-state index is 0.136. The van der Waals surface area contributed by atoms with Crippen molar-refractivity contribution in [3.63, 3.8) is 0 Å². The highest BCUT2D eigenvalue weighted by atomic mass is 16.5. The Balaban J connectivity index is 1.94. The molecule has 1 atom stereocenters. The van der Waals surface area contributed by atoms with E-state index in [1.165, 1.54) is 0 Å². The van der Waals surface area contributed by atoms with Crippen LogP contribution in [0, 0.1) is 5.92 Å². The molecule has 3 rings (SSSR count). The summed E-state index contributed by atoms with van der Waals surface area (Å²) < 4.78 is 5.49. The topological polar surface area (TPSA) is 74.3 Å². The molecule has 1 aliphatic rings. The lowest BCUT2D eigenvalue weighted by Gasteiger charge is -2.23. The Labute approximate surface area is 105 Å². The van der Waals surface area contributed by atoms with Crippen LogP contribution in [-0.4, -0.2) is 53.0 Å².